The first-order valence-electron chi connectivity index (χ1n) is 38.8. The number of thiazole rings is 2. The summed E-state index contributed by atoms with van der Waals surface area (Å²) < 4.78 is 22.8. The van der Waals surface area contributed by atoms with Gasteiger partial charge in [0.05, 0.1) is 98.1 Å². The number of rotatable bonds is 13. The predicted octanol–water partition coefficient (Wildman–Crippen LogP) is 7.05. The lowest BCUT2D eigenvalue weighted by Gasteiger charge is -2.26. The number of hydrogen-bond donors (Lipinski definition) is 9. The number of nitrogens with zero attached hydrogens (tertiary/aromatic N) is 8. The van der Waals surface area contributed by atoms with Gasteiger partial charge in [-0.05, 0) is 138 Å². The van der Waals surface area contributed by atoms with Crippen LogP contribution in [0.5, 0.6) is 23.0 Å². The van der Waals surface area contributed by atoms with Gasteiger partial charge < -0.3 is 64.8 Å². The molecule has 9 N–H and O–H groups in total. The molecule has 0 spiro atoms. The number of aromatic nitrogens is 5. The third kappa shape index (κ3) is 16.5. The van der Waals surface area contributed by atoms with E-state index in [-0.39, 0.29) is 55.7 Å². The highest BCUT2D eigenvalue weighted by Crippen LogP contribution is 2.35. The minimum absolute atomic E-state index is 0.0583. The van der Waals surface area contributed by atoms with E-state index in [4.69, 9.17) is 18.9 Å². The van der Waals surface area contributed by atoms with Gasteiger partial charge in [0.15, 0.2) is 10.7 Å². The lowest BCUT2D eigenvalue weighted by atomic mass is 9.95. The molecule has 16 amide bonds. The van der Waals surface area contributed by atoms with E-state index >= 15 is 0 Å². The van der Waals surface area contributed by atoms with E-state index in [0.717, 1.165) is 53.8 Å². The van der Waals surface area contributed by atoms with Gasteiger partial charge in [0.1, 0.15) is 23.0 Å². The van der Waals surface area contributed by atoms with Crippen molar-refractivity contribution < 1.29 is 76.5 Å². The largest absolute Gasteiger partial charge is 0.497 e. The highest BCUT2D eigenvalue weighted by atomic mass is 32.1. The zero-order chi connectivity index (χ0) is 87.8. The maximum Gasteiger partial charge on any atom is 0.323 e. The van der Waals surface area contributed by atoms with Crippen molar-refractivity contribution in [3.8, 4) is 70.4 Å². The number of methoxy groups -OCH3 is 4. The van der Waals surface area contributed by atoms with Gasteiger partial charge in [0.25, 0.3) is 47.3 Å². The predicted molar refractivity (Wildman–Crippen MR) is 454 cm³/mol. The molecule has 0 radical (unpaired) electrons. The van der Waals surface area contributed by atoms with E-state index in [1.165, 1.54) is 77.0 Å². The summed E-state index contributed by atoms with van der Waals surface area (Å²) in [6.45, 7) is 6.84. The van der Waals surface area contributed by atoms with Gasteiger partial charge in [0.2, 0.25) is 22.2 Å². The summed E-state index contributed by atoms with van der Waals surface area (Å²) in [4.78, 5) is 177. The number of aryl methyl sites for hydroxylation is 1. The number of urea groups is 4. The number of aromatic amines is 1. The first-order chi connectivity index (χ1) is 60.1. The summed E-state index contributed by atoms with van der Waals surface area (Å²) in [6, 6.07) is 41.2. The van der Waals surface area contributed by atoms with Gasteiger partial charge in [-0.3, -0.25) is 59.6 Å². The Bertz CT molecular complexity index is 6590. The van der Waals surface area contributed by atoms with Crippen molar-refractivity contribution in [1.29, 1.82) is 0 Å². The molecule has 7 aromatic carbocycles. The van der Waals surface area contributed by atoms with Gasteiger partial charge in [-0.1, -0.05) is 110 Å². The van der Waals surface area contributed by atoms with Crippen LogP contribution in [0.25, 0.3) is 31.6 Å². The molecular formula is C90H73N17O16S2. The first-order valence-corrected chi connectivity index (χ1v) is 40.5. The Morgan fingerprint density at radius 3 is 1.25 bits per heavy atom. The number of amides is 16. The number of imide groups is 4. The fourth-order valence-corrected chi connectivity index (χ4v) is 16.7. The molecule has 0 saturated carbocycles. The molecule has 4 atom stereocenters. The van der Waals surface area contributed by atoms with Gasteiger partial charge in [-0.2, -0.15) is 0 Å². The van der Waals surface area contributed by atoms with E-state index in [2.05, 4.69) is 129 Å². The summed E-state index contributed by atoms with van der Waals surface area (Å²) in [5.74, 6) is 22.9. The molecule has 33 nitrogen and oxygen atoms in total. The Morgan fingerprint density at radius 2 is 0.832 bits per heavy atom. The van der Waals surface area contributed by atoms with Crippen LogP contribution in [0, 0.1) is 54.3 Å². The fraction of sp³-hybridized carbons (Fsp3) is 0.222. The highest BCUT2D eigenvalue weighted by molar-refractivity contribution is 7.19. The van der Waals surface area contributed by atoms with Gasteiger partial charge in [-0.15, -0.1) is 22.7 Å². The standard InChI is InChI=1S/C24H23N3O4.C22H18N6O4.2C22H16N4O4S/c1-15(2)19-7-5-4-6-16(19)10-11-24(22(29)25-23(30)26-24)14-27-13-17-8-9-18(31-3)12-20(17)21(27)28;1-12-13(7-17-18(25-12)24-11-23-17)5-6-22(20(30)26-21(31)27-22)10-28-9-14-3-4-15(32-2)8-16(14)19(28)29;1-30-15-4-3-14-10-26(19(27)16(14)9-15)11-22(20(28)24-21(29)25-22)7-6-13-2-5-17-18(8-13)31-12-23-17;1-30-14-7-6-13-11-26(19(27)15(13)10-14)12-22(20(28)24-21(29)25-22)9-8-18-23-16-4-2-3-5-17(16)31-18/h4-9,12,15H,13-14H2,1-3H3,(H2,25,26,29,30);3-4,7-8,11H,9-10H2,1-2H3,(H,23,24,25)(H2,26,27,30,31);2-5,8-9,12H,10-11H2,1H3,(H2,24,25,28,29);2-7,10H,11-12H2,1H3,(H2,24,25,28,29)/t24-;22-;;22-/m01.0/s1. The highest BCUT2D eigenvalue weighted by Gasteiger charge is 2.53. The van der Waals surface area contributed by atoms with Crippen LogP contribution < -0.4 is 61.5 Å². The van der Waals surface area contributed by atoms with Crippen LogP contribution in [-0.2, 0) is 45.4 Å². The third-order valence-electron chi connectivity index (χ3n) is 21.7. The molecule has 35 heteroatoms. The minimum Gasteiger partial charge on any atom is -0.497 e. The normalized spacial score (nSPS) is 19.6. The number of H-pyrrole nitrogens is 1. The SMILES string of the molecule is COc1ccc2c(c1)C(=O)N(CC1(C#Cc3ccc4ncsc4c3)NC(=O)NC1=O)C2.COc1ccc2c(c1)C(=O)N(C[C@@]1(C#Cc3cc4[nH]cnc4nc3C)NC(=O)NC1=O)C2.COc1ccc2c(c1)C(=O)N(C[C@]1(C#Cc3ccccc3C(C)C)NC(=O)NC1=O)C2.COc1ccc2c(c1)C(=O)N(C[C@]1(C#Cc3nc4ccccc4s3)NC(=O)NC1=O)C2. The molecule has 0 aliphatic carbocycles. The molecule has 4 aromatic heterocycles. The van der Waals surface area contributed by atoms with Crippen LogP contribution in [0.3, 0.4) is 0 Å². The summed E-state index contributed by atoms with van der Waals surface area (Å²) in [5.41, 5.74) is 7.57. The number of carbonyl (C=O) groups excluding carboxylic acids is 12. The van der Waals surface area contributed by atoms with Gasteiger partial charge in [-0.25, -0.2) is 39.1 Å². The van der Waals surface area contributed by atoms with E-state index < -0.39 is 69.9 Å². The lowest BCUT2D eigenvalue weighted by molar-refractivity contribution is -0.123. The zero-order valence-electron chi connectivity index (χ0n) is 67.7. The van der Waals surface area contributed by atoms with Crippen molar-refractivity contribution in [2.24, 2.45) is 0 Å². The summed E-state index contributed by atoms with van der Waals surface area (Å²) in [5, 5.41) is 19.9. The number of pyridine rings is 1. The molecule has 19 rings (SSSR count). The van der Waals surface area contributed by atoms with Crippen LogP contribution in [0.1, 0.15) is 116 Å². The molecule has 626 valence electrons. The maximum atomic E-state index is 13.0. The number of para-hydroxylation sites is 1. The third-order valence-corrected chi connectivity index (χ3v) is 23.4. The molecule has 125 heavy (non-hydrogen) atoms. The quantitative estimate of drug-likeness (QED) is 0.0412. The maximum absolute atomic E-state index is 13.0. The van der Waals surface area contributed by atoms with Crippen LogP contribution in [0.15, 0.2) is 157 Å². The Kier molecular flexibility index (Phi) is 22.2. The lowest BCUT2D eigenvalue weighted by Crippen LogP contribution is -2.54. The van der Waals surface area contributed by atoms with Crippen LogP contribution >= 0.6 is 22.7 Å². The summed E-state index contributed by atoms with van der Waals surface area (Å²) >= 11 is 2.89. The van der Waals surface area contributed by atoms with E-state index in [1.807, 2.05) is 84.9 Å². The smallest absolute Gasteiger partial charge is 0.323 e. The Balaban J connectivity index is 0.000000123. The second-order valence-electron chi connectivity index (χ2n) is 30.2. The Labute approximate surface area is 720 Å². The number of carbonyl (C=O) groups is 12. The van der Waals surface area contributed by atoms with Crippen LogP contribution in [-0.4, -0.2) is 193 Å². The molecule has 8 aliphatic heterocycles. The molecule has 4 saturated heterocycles. The van der Waals surface area contributed by atoms with Crippen LogP contribution in [0.4, 0.5) is 19.2 Å². The molecule has 0 bridgehead atoms. The summed E-state index contributed by atoms with van der Waals surface area (Å²) in [6.07, 6.45) is 1.53. The number of benzene rings is 7. The molecule has 8 aliphatic rings. The summed E-state index contributed by atoms with van der Waals surface area (Å²) in [7, 11) is 6.13. The average Bonchev–Trinajstić information content (AvgIpc) is 1.63. The van der Waals surface area contributed by atoms with E-state index in [0.29, 0.717) is 104 Å². The van der Waals surface area contributed by atoms with Crippen molar-refractivity contribution in [3.05, 3.63) is 235 Å². The van der Waals surface area contributed by atoms with Gasteiger partial charge >= 0.3 is 24.1 Å². The topological polar surface area (TPSA) is 418 Å². The van der Waals surface area contributed by atoms with E-state index in [9.17, 15) is 57.5 Å². The van der Waals surface area contributed by atoms with Crippen molar-refractivity contribution in [1.82, 2.24) is 87.1 Å². The minimum atomic E-state index is -1.59. The second kappa shape index (κ2) is 33.6. The first kappa shape index (κ1) is 82.7. The molecule has 12 heterocycles. The van der Waals surface area contributed by atoms with E-state index in [1.54, 1.807) is 73.1 Å². The molecule has 11 aromatic rings. The number of nitrogens with one attached hydrogen (secondary N) is 9. The average molecular weight is 1710 g/mol. The Morgan fingerprint density at radius 1 is 0.424 bits per heavy atom. The van der Waals surface area contributed by atoms with Crippen LogP contribution in [0.2, 0.25) is 0 Å². The number of ether oxygens (including phenoxy) is 4. The van der Waals surface area contributed by atoms with Crippen molar-refractivity contribution in [2.75, 3.05) is 54.6 Å². The van der Waals surface area contributed by atoms with Crippen molar-refractivity contribution >= 4 is 126 Å². The Hall–Kier alpha value is -16.0. The fourth-order valence-electron chi connectivity index (χ4n) is 15.2. The molecule has 4 fully saturated rings. The zero-order valence-corrected chi connectivity index (χ0v) is 69.3. The van der Waals surface area contributed by atoms with Crippen molar-refractivity contribution in [2.45, 2.75) is 75.0 Å². The van der Waals surface area contributed by atoms with Crippen molar-refractivity contribution in [3.63, 3.8) is 0 Å². The number of fused-ring (bicyclic) bond motifs is 7. The molecule has 1 unspecified atom stereocenters. The number of hydrogen-bond acceptors (Lipinski definition) is 22. The number of imidazole rings is 1. The molecular weight excluding hydrogens is 1640 g/mol. The second-order valence-corrected chi connectivity index (χ2v) is 32.1. The van der Waals surface area contributed by atoms with Gasteiger partial charge in [0, 0.05) is 65.1 Å². The monoisotopic (exact) mass is 1710 g/mol.